The number of hydrogen-bond acceptors (Lipinski definition) is 2. The summed E-state index contributed by atoms with van der Waals surface area (Å²) < 4.78 is 5.80. The summed E-state index contributed by atoms with van der Waals surface area (Å²) in [5.41, 5.74) is 5.14. The van der Waals surface area contributed by atoms with E-state index >= 15 is 0 Å². The van der Waals surface area contributed by atoms with Gasteiger partial charge in [-0.2, -0.15) is 0 Å². The van der Waals surface area contributed by atoms with Crippen molar-refractivity contribution in [1.29, 1.82) is 0 Å². The van der Waals surface area contributed by atoms with Crippen molar-refractivity contribution < 1.29 is 9.84 Å². The maximum Gasteiger partial charge on any atom is 0.129 e. The highest BCUT2D eigenvalue weighted by Crippen LogP contribution is 2.40. The van der Waals surface area contributed by atoms with Crippen LogP contribution >= 0.6 is 0 Å². The minimum atomic E-state index is 0.248. The Morgan fingerprint density at radius 1 is 1.21 bits per heavy atom. The zero-order chi connectivity index (χ0) is 17.3. The van der Waals surface area contributed by atoms with Gasteiger partial charge in [0.15, 0.2) is 0 Å². The zero-order valence-electron chi connectivity index (χ0n) is 14.7. The zero-order valence-corrected chi connectivity index (χ0v) is 14.7. The first kappa shape index (κ1) is 16.4. The Bertz CT molecular complexity index is 905. The number of hydrogen-bond donors (Lipinski definition) is 2. The molecule has 1 heterocycles. The van der Waals surface area contributed by atoms with Crippen LogP contribution in [0.4, 0.5) is 0 Å². The lowest BCUT2D eigenvalue weighted by Crippen LogP contribution is -1.96. The Morgan fingerprint density at radius 3 is 2.71 bits per heavy atom. The van der Waals surface area contributed by atoms with Crippen molar-refractivity contribution in [3.63, 3.8) is 0 Å². The molecule has 0 aliphatic rings. The minimum Gasteiger partial charge on any atom is -0.507 e. The number of phenols is 1. The van der Waals surface area contributed by atoms with Crippen molar-refractivity contribution in [2.75, 3.05) is 6.61 Å². The number of unbranched alkanes of at least 4 members (excludes halogenated alkanes) is 2. The van der Waals surface area contributed by atoms with Gasteiger partial charge in [0.1, 0.15) is 11.5 Å². The van der Waals surface area contributed by atoms with Gasteiger partial charge in [-0.05, 0) is 31.4 Å². The fraction of sp³-hybridized carbons (Fsp3) is 0.333. The molecule has 0 aliphatic carbocycles. The summed E-state index contributed by atoms with van der Waals surface area (Å²) in [7, 11) is 0. The second kappa shape index (κ2) is 6.60. The number of phenolic OH excluding ortho intramolecular Hbond substituents is 1. The fourth-order valence-corrected chi connectivity index (χ4v) is 3.21. The first-order valence-electron chi connectivity index (χ1n) is 8.59. The Labute approximate surface area is 143 Å². The molecule has 0 atom stereocenters. The quantitative estimate of drug-likeness (QED) is 0.552. The van der Waals surface area contributed by atoms with Gasteiger partial charge in [-0.3, -0.25) is 0 Å². The van der Waals surface area contributed by atoms with Gasteiger partial charge in [0.05, 0.1) is 17.6 Å². The molecule has 3 aromatic rings. The minimum absolute atomic E-state index is 0.248. The first-order valence-corrected chi connectivity index (χ1v) is 8.59. The second-order valence-electron chi connectivity index (χ2n) is 6.51. The highest BCUT2D eigenvalue weighted by molar-refractivity contribution is 6.15. The summed E-state index contributed by atoms with van der Waals surface area (Å²) in [4.78, 5) is 3.44. The van der Waals surface area contributed by atoms with E-state index < -0.39 is 0 Å². The summed E-state index contributed by atoms with van der Waals surface area (Å²) >= 11 is 0. The van der Waals surface area contributed by atoms with Crippen LogP contribution in [0.3, 0.4) is 0 Å². The molecule has 1 aromatic heterocycles. The maximum atomic E-state index is 10.6. The van der Waals surface area contributed by atoms with Crippen LogP contribution in [0.1, 0.15) is 44.2 Å². The summed E-state index contributed by atoms with van der Waals surface area (Å²) in [6, 6.07) is 7.84. The third-order valence-corrected chi connectivity index (χ3v) is 4.49. The van der Waals surface area contributed by atoms with Crippen LogP contribution in [0.2, 0.25) is 0 Å². The van der Waals surface area contributed by atoms with Crippen molar-refractivity contribution in [2.24, 2.45) is 0 Å². The van der Waals surface area contributed by atoms with Crippen LogP contribution in [0.25, 0.3) is 27.4 Å². The SMILES string of the molecule is C=C(C)c1ccc(C)c2[nH]c3cc(OCCCCC)cc(O)c3c12. The number of aryl methyl sites for hydroxylation is 1. The Morgan fingerprint density at radius 2 is 2.00 bits per heavy atom. The topological polar surface area (TPSA) is 45.2 Å². The molecular formula is C21H25NO2. The molecule has 0 amide bonds. The van der Waals surface area contributed by atoms with Crippen LogP contribution in [0.5, 0.6) is 11.5 Å². The molecule has 0 saturated carbocycles. The average molecular weight is 323 g/mol. The van der Waals surface area contributed by atoms with Crippen LogP contribution in [-0.2, 0) is 0 Å². The van der Waals surface area contributed by atoms with E-state index in [1.165, 1.54) is 6.42 Å². The number of allylic oxidation sites excluding steroid dienone is 1. The van der Waals surface area contributed by atoms with E-state index in [1.807, 2.05) is 13.0 Å². The van der Waals surface area contributed by atoms with Crippen LogP contribution in [0, 0.1) is 6.92 Å². The lowest BCUT2D eigenvalue weighted by Gasteiger charge is -2.08. The van der Waals surface area contributed by atoms with E-state index in [4.69, 9.17) is 4.74 Å². The van der Waals surface area contributed by atoms with Crippen LogP contribution in [0.15, 0.2) is 30.8 Å². The first-order chi connectivity index (χ1) is 11.5. The molecule has 0 aliphatic heterocycles. The van der Waals surface area contributed by atoms with Gasteiger partial charge in [0.25, 0.3) is 0 Å². The summed E-state index contributed by atoms with van der Waals surface area (Å²) in [6.07, 6.45) is 3.35. The highest BCUT2D eigenvalue weighted by atomic mass is 16.5. The number of benzene rings is 2. The monoisotopic (exact) mass is 323 g/mol. The molecule has 0 spiro atoms. The lowest BCUT2D eigenvalue weighted by atomic mass is 9.99. The molecule has 0 saturated heterocycles. The van der Waals surface area contributed by atoms with Crippen LogP contribution < -0.4 is 4.74 Å². The molecule has 3 heteroatoms. The number of nitrogens with one attached hydrogen (secondary N) is 1. The van der Waals surface area contributed by atoms with Gasteiger partial charge in [-0.1, -0.05) is 44.1 Å². The molecule has 3 rings (SSSR count). The predicted molar refractivity (Wildman–Crippen MR) is 102 cm³/mol. The number of H-pyrrole nitrogens is 1. The van der Waals surface area contributed by atoms with Gasteiger partial charge in [0.2, 0.25) is 0 Å². The summed E-state index contributed by atoms with van der Waals surface area (Å²) in [6.45, 7) is 11.0. The number of fused-ring (bicyclic) bond motifs is 3. The van der Waals surface area contributed by atoms with Gasteiger partial charge in [-0.25, -0.2) is 0 Å². The van der Waals surface area contributed by atoms with E-state index in [0.717, 1.165) is 51.3 Å². The van der Waals surface area contributed by atoms with Crippen molar-refractivity contribution in [1.82, 2.24) is 4.98 Å². The Hall–Kier alpha value is -2.42. The molecule has 2 aromatic carbocycles. The number of ether oxygens (including phenoxy) is 1. The van der Waals surface area contributed by atoms with E-state index in [-0.39, 0.29) is 5.75 Å². The molecule has 0 radical (unpaired) electrons. The molecule has 0 fully saturated rings. The Balaban J connectivity index is 2.12. The molecule has 0 unspecified atom stereocenters. The van der Waals surface area contributed by atoms with Crippen molar-refractivity contribution in [2.45, 2.75) is 40.0 Å². The average Bonchev–Trinajstić information content (AvgIpc) is 2.92. The van der Waals surface area contributed by atoms with E-state index in [9.17, 15) is 5.11 Å². The smallest absolute Gasteiger partial charge is 0.129 e. The highest BCUT2D eigenvalue weighted by Gasteiger charge is 2.15. The standard InChI is InChI=1S/C21H25NO2/c1-5-6-7-10-24-15-11-17-20(18(23)12-15)19-16(13(2)3)9-8-14(4)21(19)22-17/h8-9,11-12,22-23H,2,5-7,10H2,1,3-4H3. The summed E-state index contributed by atoms with van der Waals surface area (Å²) in [5, 5.41) is 12.5. The third kappa shape index (κ3) is 2.86. The van der Waals surface area contributed by atoms with Gasteiger partial charge < -0.3 is 14.8 Å². The van der Waals surface area contributed by atoms with E-state index in [0.29, 0.717) is 12.4 Å². The lowest BCUT2D eigenvalue weighted by molar-refractivity contribution is 0.305. The number of rotatable bonds is 6. The molecular weight excluding hydrogens is 298 g/mol. The van der Waals surface area contributed by atoms with Crippen molar-refractivity contribution in [3.05, 3.63) is 42.0 Å². The van der Waals surface area contributed by atoms with Crippen molar-refractivity contribution >= 4 is 27.4 Å². The second-order valence-corrected chi connectivity index (χ2v) is 6.51. The predicted octanol–water partition coefficient (Wildman–Crippen LogP) is 5.94. The van der Waals surface area contributed by atoms with Gasteiger partial charge >= 0.3 is 0 Å². The van der Waals surface area contributed by atoms with Crippen LogP contribution in [-0.4, -0.2) is 16.7 Å². The van der Waals surface area contributed by atoms with E-state index in [2.05, 4.69) is 37.5 Å². The maximum absolute atomic E-state index is 10.6. The van der Waals surface area contributed by atoms with Gasteiger partial charge in [0, 0.05) is 22.9 Å². The van der Waals surface area contributed by atoms with E-state index in [1.54, 1.807) is 6.07 Å². The Kier molecular flexibility index (Phi) is 4.52. The van der Waals surface area contributed by atoms with Gasteiger partial charge in [-0.15, -0.1) is 0 Å². The number of aromatic nitrogens is 1. The molecule has 126 valence electrons. The molecule has 3 nitrogen and oxygen atoms in total. The number of aromatic amines is 1. The summed E-state index contributed by atoms with van der Waals surface area (Å²) in [5.74, 6) is 0.953. The fourth-order valence-electron chi connectivity index (χ4n) is 3.21. The van der Waals surface area contributed by atoms with Crippen molar-refractivity contribution in [3.8, 4) is 11.5 Å². The largest absolute Gasteiger partial charge is 0.507 e. The molecule has 2 N–H and O–H groups in total. The molecule has 24 heavy (non-hydrogen) atoms. The molecule has 0 bridgehead atoms. The normalized spacial score (nSPS) is 11.3. The third-order valence-electron chi connectivity index (χ3n) is 4.49. The number of aromatic hydroxyl groups is 1.